The summed E-state index contributed by atoms with van der Waals surface area (Å²) in [6.07, 6.45) is 6.52. The molecular weight excluding hydrogens is 212 g/mol. The minimum Gasteiger partial charge on any atom is -0.332 e. The number of nitrogens with zero attached hydrogens (tertiary/aromatic N) is 3. The van der Waals surface area contributed by atoms with Crippen molar-refractivity contribution < 1.29 is 0 Å². The molecule has 0 amide bonds. The highest BCUT2D eigenvalue weighted by molar-refractivity contribution is 5.07. The SMILES string of the molecule is CCN(CC)CCn1cncc1C1CCCN1. The monoisotopic (exact) mass is 236 g/mol. The van der Waals surface area contributed by atoms with Crippen molar-refractivity contribution in [1.82, 2.24) is 19.8 Å². The lowest BCUT2D eigenvalue weighted by Crippen LogP contribution is -2.28. The first-order valence-corrected chi connectivity index (χ1v) is 6.81. The summed E-state index contributed by atoms with van der Waals surface area (Å²) in [5.41, 5.74) is 1.36. The van der Waals surface area contributed by atoms with Crippen LogP contribution in [0.3, 0.4) is 0 Å². The molecule has 2 heterocycles. The minimum absolute atomic E-state index is 0.522. The summed E-state index contributed by atoms with van der Waals surface area (Å²) in [6, 6.07) is 0.522. The van der Waals surface area contributed by atoms with Crippen LogP contribution >= 0.6 is 0 Å². The molecule has 1 aliphatic heterocycles. The second-order valence-electron chi connectivity index (χ2n) is 4.69. The van der Waals surface area contributed by atoms with Gasteiger partial charge in [0, 0.05) is 25.3 Å². The van der Waals surface area contributed by atoms with Gasteiger partial charge in [0.05, 0.1) is 12.0 Å². The normalized spacial score (nSPS) is 20.3. The molecule has 0 radical (unpaired) electrons. The summed E-state index contributed by atoms with van der Waals surface area (Å²) in [5.74, 6) is 0. The smallest absolute Gasteiger partial charge is 0.0949 e. The van der Waals surface area contributed by atoms with Crippen LogP contribution in [0.5, 0.6) is 0 Å². The van der Waals surface area contributed by atoms with Gasteiger partial charge in [0.2, 0.25) is 0 Å². The molecular formula is C13H24N4. The summed E-state index contributed by atoms with van der Waals surface area (Å²) in [6.45, 7) is 10.0. The van der Waals surface area contributed by atoms with Gasteiger partial charge in [0.25, 0.3) is 0 Å². The number of imidazole rings is 1. The van der Waals surface area contributed by atoms with Crippen molar-refractivity contribution in [2.24, 2.45) is 0 Å². The van der Waals surface area contributed by atoms with Gasteiger partial charge in [-0.3, -0.25) is 0 Å². The van der Waals surface area contributed by atoms with Gasteiger partial charge in [0.15, 0.2) is 0 Å². The van der Waals surface area contributed by atoms with Crippen molar-refractivity contribution in [3.05, 3.63) is 18.2 Å². The fourth-order valence-electron chi connectivity index (χ4n) is 2.53. The van der Waals surface area contributed by atoms with Gasteiger partial charge in [-0.25, -0.2) is 4.98 Å². The number of aromatic nitrogens is 2. The quantitative estimate of drug-likeness (QED) is 0.815. The number of hydrogen-bond acceptors (Lipinski definition) is 3. The first-order valence-electron chi connectivity index (χ1n) is 6.81. The Morgan fingerprint density at radius 1 is 1.47 bits per heavy atom. The maximum atomic E-state index is 4.30. The number of rotatable bonds is 6. The highest BCUT2D eigenvalue weighted by atomic mass is 15.2. The second kappa shape index (κ2) is 6.17. The van der Waals surface area contributed by atoms with Gasteiger partial charge in [-0.05, 0) is 32.5 Å². The van der Waals surface area contributed by atoms with Crippen LogP contribution in [0.25, 0.3) is 0 Å². The van der Waals surface area contributed by atoms with E-state index in [9.17, 15) is 0 Å². The fourth-order valence-corrected chi connectivity index (χ4v) is 2.53. The third kappa shape index (κ3) is 3.07. The van der Waals surface area contributed by atoms with Crippen molar-refractivity contribution >= 4 is 0 Å². The average molecular weight is 236 g/mol. The molecule has 0 aliphatic carbocycles. The first kappa shape index (κ1) is 12.6. The molecule has 1 aliphatic rings. The van der Waals surface area contributed by atoms with E-state index < -0.39 is 0 Å². The first-order chi connectivity index (χ1) is 8.35. The fraction of sp³-hybridized carbons (Fsp3) is 0.769. The van der Waals surface area contributed by atoms with Gasteiger partial charge in [-0.2, -0.15) is 0 Å². The third-order valence-electron chi connectivity index (χ3n) is 3.71. The predicted molar refractivity (Wildman–Crippen MR) is 70.0 cm³/mol. The number of hydrogen-bond donors (Lipinski definition) is 1. The molecule has 96 valence electrons. The lowest BCUT2D eigenvalue weighted by Gasteiger charge is -2.20. The number of likely N-dealkylation sites (N-methyl/N-ethyl adjacent to an activating group) is 1. The van der Waals surface area contributed by atoms with Gasteiger partial charge < -0.3 is 14.8 Å². The molecule has 0 spiro atoms. The van der Waals surface area contributed by atoms with E-state index in [1.54, 1.807) is 0 Å². The molecule has 2 rings (SSSR count). The summed E-state index contributed by atoms with van der Waals surface area (Å²) in [4.78, 5) is 6.75. The van der Waals surface area contributed by atoms with Crippen molar-refractivity contribution in [3.63, 3.8) is 0 Å². The Bertz CT molecular complexity index is 324. The zero-order chi connectivity index (χ0) is 12.1. The van der Waals surface area contributed by atoms with Crippen molar-refractivity contribution in [1.29, 1.82) is 0 Å². The summed E-state index contributed by atoms with van der Waals surface area (Å²) in [7, 11) is 0. The number of nitrogens with one attached hydrogen (secondary N) is 1. The molecule has 1 aromatic rings. The van der Waals surface area contributed by atoms with Crippen molar-refractivity contribution in [3.8, 4) is 0 Å². The van der Waals surface area contributed by atoms with Crippen LogP contribution in [0.15, 0.2) is 12.5 Å². The van der Waals surface area contributed by atoms with E-state index in [1.165, 1.54) is 18.5 Å². The molecule has 1 saturated heterocycles. The van der Waals surface area contributed by atoms with E-state index >= 15 is 0 Å². The van der Waals surface area contributed by atoms with Crippen LogP contribution in [0.1, 0.15) is 38.4 Å². The molecule has 1 aromatic heterocycles. The van der Waals surface area contributed by atoms with Crippen molar-refractivity contribution in [2.45, 2.75) is 39.3 Å². The molecule has 4 heteroatoms. The van der Waals surface area contributed by atoms with E-state index in [1.807, 2.05) is 12.5 Å². The van der Waals surface area contributed by atoms with Gasteiger partial charge in [-0.15, -0.1) is 0 Å². The predicted octanol–water partition coefficient (Wildman–Crippen LogP) is 1.65. The Balaban J connectivity index is 1.94. The van der Waals surface area contributed by atoms with E-state index in [0.29, 0.717) is 6.04 Å². The molecule has 17 heavy (non-hydrogen) atoms. The molecule has 4 nitrogen and oxygen atoms in total. The van der Waals surface area contributed by atoms with Gasteiger partial charge >= 0.3 is 0 Å². The zero-order valence-electron chi connectivity index (χ0n) is 11.0. The van der Waals surface area contributed by atoms with E-state index in [4.69, 9.17) is 0 Å². The standard InChI is InChI=1S/C13H24N4/c1-3-16(4-2)8-9-17-11-14-10-13(17)12-6-5-7-15-12/h10-12,15H,3-9H2,1-2H3. The van der Waals surface area contributed by atoms with E-state index in [-0.39, 0.29) is 0 Å². The molecule has 1 N–H and O–H groups in total. The highest BCUT2D eigenvalue weighted by Gasteiger charge is 2.19. The minimum atomic E-state index is 0.522. The molecule has 0 bridgehead atoms. The van der Waals surface area contributed by atoms with Crippen LogP contribution in [0, 0.1) is 0 Å². The summed E-state index contributed by atoms with van der Waals surface area (Å²) < 4.78 is 2.31. The van der Waals surface area contributed by atoms with Crippen LogP contribution in [0.4, 0.5) is 0 Å². The second-order valence-corrected chi connectivity index (χ2v) is 4.69. The van der Waals surface area contributed by atoms with Crippen LogP contribution < -0.4 is 5.32 Å². The Morgan fingerprint density at radius 2 is 2.29 bits per heavy atom. The molecule has 1 atom stereocenters. The zero-order valence-corrected chi connectivity index (χ0v) is 11.0. The van der Waals surface area contributed by atoms with E-state index in [0.717, 1.165) is 32.7 Å². The third-order valence-corrected chi connectivity index (χ3v) is 3.71. The Morgan fingerprint density at radius 3 is 2.94 bits per heavy atom. The van der Waals surface area contributed by atoms with E-state index in [2.05, 4.69) is 33.6 Å². The average Bonchev–Trinajstić information content (AvgIpc) is 3.00. The molecule has 1 fully saturated rings. The lowest BCUT2D eigenvalue weighted by atomic mass is 10.2. The highest BCUT2D eigenvalue weighted by Crippen LogP contribution is 2.22. The van der Waals surface area contributed by atoms with Gasteiger partial charge in [0.1, 0.15) is 0 Å². The maximum absolute atomic E-state index is 4.30. The Hall–Kier alpha value is -0.870. The molecule has 0 saturated carbocycles. The van der Waals surface area contributed by atoms with Crippen molar-refractivity contribution in [2.75, 3.05) is 26.2 Å². The molecule has 0 aromatic carbocycles. The van der Waals surface area contributed by atoms with Crippen LogP contribution in [0.2, 0.25) is 0 Å². The van der Waals surface area contributed by atoms with Crippen LogP contribution in [-0.2, 0) is 6.54 Å². The topological polar surface area (TPSA) is 33.1 Å². The Labute approximate surface area is 104 Å². The molecule has 1 unspecified atom stereocenters. The summed E-state index contributed by atoms with van der Waals surface area (Å²) >= 11 is 0. The Kier molecular flexibility index (Phi) is 4.57. The van der Waals surface area contributed by atoms with Gasteiger partial charge in [-0.1, -0.05) is 13.8 Å². The maximum Gasteiger partial charge on any atom is 0.0949 e. The lowest BCUT2D eigenvalue weighted by molar-refractivity contribution is 0.288. The van der Waals surface area contributed by atoms with Crippen LogP contribution in [-0.4, -0.2) is 40.6 Å². The summed E-state index contributed by atoms with van der Waals surface area (Å²) in [5, 5.41) is 3.54. The largest absolute Gasteiger partial charge is 0.332 e.